The minimum absolute atomic E-state index is 0.288. The van der Waals surface area contributed by atoms with Gasteiger partial charge in [-0.1, -0.05) is 27.2 Å². The molecule has 1 N–H and O–H groups in total. The average molecular weight is 170 g/mol. The van der Waals surface area contributed by atoms with E-state index in [4.69, 9.17) is 0 Å². The van der Waals surface area contributed by atoms with Crippen LogP contribution >= 0.6 is 0 Å². The lowest BCUT2D eigenvalue weighted by molar-refractivity contribution is -0.101. The maximum atomic E-state index is 10.2. The van der Waals surface area contributed by atoms with Gasteiger partial charge in [0.15, 0.2) is 0 Å². The summed E-state index contributed by atoms with van der Waals surface area (Å²) in [6.07, 6.45) is 5.69. The van der Waals surface area contributed by atoms with Crippen LogP contribution in [0, 0.1) is 11.8 Å². The van der Waals surface area contributed by atoms with Gasteiger partial charge in [-0.05, 0) is 37.5 Å². The van der Waals surface area contributed by atoms with Gasteiger partial charge in [-0.2, -0.15) is 0 Å². The van der Waals surface area contributed by atoms with Crippen LogP contribution in [0.25, 0.3) is 0 Å². The molecule has 72 valence electrons. The van der Waals surface area contributed by atoms with Crippen molar-refractivity contribution < 1.29 is 5.11 Å². The molecule has 1 rings (SSSR count). The van der Waals surface area contributed by atoms with E-state index in [1.807, 2.05) is 0 Å². The Balaban J connectivity index is 2.52. The Labute approximate surface area is 76.2 Å². The average Bonchev–Trinajstić information content (AvgIpc) is 1.95. The van der Waals surface area contributed by atoms with E-state index in [1.54, 1.807) is 0 Å². The van der Waals surface area contributed by atoms with Crippen molar-refractivity contribution in [1.29, 1.82) is 0 Å². The number of hydrogen-bond donors (Lipinski definition) is 1. The summed E-state index contributed by atoms with van der Waals surface area (Å²) >= 11 is 0. The van der Waals surface area contributed by atoms with Gasteiger partial charge in [-0.15, -0.1) is 0 Å². The van der Waals surface area contributed by atoms with Gasteiger partial charge in [0.25, 0.3) is 0 Å². The molecule has 1 atom stereocenters. The van der Waals surface area contributed by atoms with Crippen LogP contribution in [0.15, 0.2) is 0 Å². The Morgan fingerprint density at radius 1 is 1.33 bits per heavy atom. The zero-order valence-electron chi connectivity index (χ0n) is 8.64. The normalized spacial score (nSPS) is 23.8. The van der Waals surface area contributed by atoms with Crippen molar-refractivity contribution in [1.82, 2.24) is 0 Å². The molecule has 0 spiro atoms. The zero-order chi connectivity index (χ0) is 9.19. The van der Waals surface area contributed by atoms with Crippen LogP contribution in [-0.4, -0.2) is 10.7 Å². The number of hydrogen-bond acceptors (Lipinski definition) is 1. The molecule has 0 bridgehead atoms. The smallest absolute Gasteiger partial charge is 0.0678 e. The monoisotopic (exact) mass is 170 g/mol. The summed E-state index contributed by atoms with van der Waals surface area (Å²) in [6, 6.07) is 0. The van der Waals surface area contributed by atoms with Crippen LogP contribution in [0.3, 0.4) is 0 Å². The molecule has 1 nitrogen and oxygen atoms in total. The van der Waals surface area contributed by atoms with E-state index in [0.29, 0.717) is 11.8 Å². The van der Waals surface area contributed by atoms with Gasteiger partial charge in [0.05, 0.1) is 5.60 Å². The van der Waals surface area contributed by atoms with Gasteiger partial charge in [0.1, 0.15) is 0 Å². The molecule has 1 aliphatic carbocycles. The molecule has 0 aliphatic heterocycles. The Hall–Kier alpha value is -0.0400. The molecule has 1 aliphatic rings. The van der Waals surface area contributed by atoms with Crippen molar-refractivity contribution in [2.45, 2.75) is 58.5 Å². The summed E-state index contributed by atoms with van der Waals surface area (Å²) < 4.78 is 0. The van der Waals surface area contributed by atoms with Crippen molar-refractivity contribution in [2.24, 2.45) is 11.8 Å². The maximum Gasteiger partial charge on any atom is 0.0678 e. The fourth-order valence-corrected chi connectivity index (χ4v) is 2.44. The first-order valence-corrected chi connectivity index (χ1v) is 5.32. The predicted molar refractivity (Wildman–Crippen MR) is 52.0 cm³/mol. The molecule has 1 unspecified atom stereocenters. The van der Waals surface area contributed by atoms with Gasteiger partial charge in [-0.25, -0.2) is 0 Å². The van der Waals surface area contributed by atoms with E-state index < -0.39 is 0 Å². The Morgan fingerprint density at radius 3 is 2.17 bits per heavy atom. The van der Waals surface area contributed by atoms with Crippen LogP contribution in [-0.2, 0) is 0 Å². The number of aliphatic hydroxyl groups is 1. The molecule has 0 heterocycles. The van der Waals surface area contributed by atoms with E-state index in [-0.39, 0.29) is 5.60 Å². The van der Waals surface area contributed by atoms with Crippen LogP contribution in [0.5, 0.6) is 0 Å². The van der Waals surface area contributed by atoms with E-state index in [1.165, 1.54) is 19.3 Å². The number of rotatable bonds is 4. The molecule has 12 heavy (non-hydrogen) atoms. The first kappa shape index (κ1) is 10.0. The highest BCUT2D eigenvalue weighted by molar-refractivity contribution is 4.94. The third-order valence-electron chi connectivity index (χ3n) is 3.31. The lowest BCUT2D eigenvalue weighted by Crippen LogP contribution is -2.46. The van der Waals surface area contributed by atoms with Gasteiger partial charge in [-0.3, -0.25) is 0 Å². The van der Waals surface area contributed by atoms with Crippen molar-refractivity contribution in [3.63, 3.8) is 0 Å². The molecule has 0 radical (unpaired) electrons. The quantitative estimate of drug-likeness (QED) is 0.687. The van der Waals surface area contributed by atoms with Crippen LogP contribution < -0.4 is 0 Å². The Kier molecular flexibility index (Phi) is 3.16. The Morgan fingerprint density at radius 2 is 1.92 bits per heavy atom. The topological polar surface area (TPSA) is 20.2 Å². The van der Waals surface area contributed by atoms with Gasteiger partial charge in [0.2, 0.25) is 0 Å². The van der Waals surface area contributed by atoms with Crippen LogP contribution in [0.4, 0.5) is 0 Å². The minimum atomic E-state index is -0.288. The minimum Gasteiger partial charge on any atom is -0.390 e. The second-order valence-corrected chi connectivity index (χ2v) is 4.60. The lowest BCUT2D eigenvalue weighted by atomic mass is 9.66. The van der Waals surface area contributed by atoms with Gasteiger partial charge < -0.3 is 5.11 Å². The van der Waals surface area contributed by atoms with Gasteiger partial charge in [0, 0.05) is 0 Å². The standard InChI is InChI=1S/C11H22O/c1-4-6-10(9(2)3)11(12)7-5-8-11/h9-10,12H,4-8H2,1-3H3. The molecule has 0 aromatic heterocycles. The molecule has 1 heteroatoms. The molecular formula is C11H22O. The second-order valence-electron chi connectivity index (χ2n) is 4.60. The second kappa shape index (κ2) is 3.78. The van der Waals surface area contributed by atoms with Crippen molar-refractivity contribution >= 4 is 0 Å². The van der Waals surface area contributed by atoms with Gasteiger partial charge >= 0.3 is 0 Å². The summed E-state index contributed by atoms with van der Waals surface area (Å²) in [6.45, 7) is 6.67. The van der Waals surface area contributed by atoms with E-state index in [2.05, 4.69) is 20.8 Å². The first-order chi connectivity index (χ1) is 5.60. The zero-order valence-corrected chi connectivity index (χ0v) is 8.64. The predicted octanol–water partition coefficient (Wildman–Crippen LogP) is 2.97. The maximum absolute atomic E-state index is 10.2. The molecule has 0 saturated heterocycles. The third kappa shape index (κ3) is 1.82. The summed E-state index contributed by atoms with van der Waals surface area (Å²) in [5.74, 6) is 1.17. The first-order valence-electron chi connectivity index (χ1n) is 5.32. The Bertz CT molecular complexity index is 136. The molecule has 0 aromatic rings. The van der Waals surface area contributed by atoms with E-state index >= 15 is 0 Å². The third-order valence-corrected chi connectivity index (χ3v) is 3.31. The highest BCUT2D eigenvalue weighted by atomic mass is 16.3. The summed E-state index contributed by atoms with van der Waals surface area (Å²) in [5, 5.41) is 10.2. The summed E-state index contributed by atoms with van der Waals surface area (Å²) in [5.41, 5.74) is -0.288. The fourth-order valence-electron chi connectivity index (χ4n) is 2.44. The summed E-state index contributed by atoms with van der Waals surface area (Å²) in [4.78, 5) is 0. The van der Waals surface area contributed by atoms with Crippen LogP contribution in [0.2, 0.25) is 0 Å². The highest BCUT2D eigenvalue weighted by Gasteiger charge is 2.42. The van der Waals surface area contributed by atoms with E-state index in [0.717, 1.165) is 12.8 Å². The molecule has 0 amide bonds. The summed E-state index contributed by atoms with van der Waals surface area (Å²) in [7, 11) is 0. The molecule has 0 aromatic carbocycles. The largest absolute Gasteiger partial charge is 0.390 e. The molecule has 1 saturated carbocycles. The highest BCUT2D eigenvalue weighted by Crippen LogP contribution is 2.43. The van der Waals surface area contributed by atoms with E-state index in [9.17, 15) is 5.11 Å². The van der Waals surface area contributed by atoms with Crippen molar-refractivity contribution in [3.8, 4) is 0 Å². The molecular weight excluding hydrogens is 148 g/mol. The SMILES string of the molecule is CCCC(C(C)C)C1(O)CCC1. The lowest BCUT2D eigenvalue weighted by Gasteiger charge is -2.45. The molecule has 1 fully saturated rings. The van der Waals surface area contributed by atoms with Crippen molar-refractivity contribution in [2.75, 3.05) is 0 Å². The van der Waals surface area contributed by atoms with Crippen LogP contribution in [0.1, 0.15) is 52.9 Å². The van der Waals surface area contributed by atoms with Crippen molar-refractivity contribution in [3.05, 3.63) is 0 Å². The fraction of sp³-hybridized carbons (Fsp3) is 1.00.